The zero-order valence-electron chi connectivity index (χ0n) is 13.2. The molecule has 0 spiro atoms. The number of nitrogens with zero attached hydrogens (tertiary/aromatic N) is 3. The van der Waals surface area contributed by atoms with Gasteiger partial charge in [-0.1, -0.05) is 23.9 Å². The van der Waals surface area contributed by atoms with Gasteiger partial charge in [-0.3, -0.25) is 4.79 Å². The Morgan fingerprint density at radius 3 is 2.96 bits per heavy atom. The van der Waals surface area contributed by atoms with Crippen LogP contribution in [-0.4, -0.2) is 37.0 Å². The highest BCUT2D eigenvalue weighted by Gasteiger charge is 2.07. The van der Waals surface area contributed by atoms with E-state index in [0.717, 1.165) is 20.4 Å². The second-order valence-electron chi connectivity index (χ2n) is 5.10. The van der Waals surface area contributed by atoms with E-state index in [1.54, 1.807) is 17.4 Å². The van der Waals surface area contributed by atoms with Crippen molar-refractivity contribution in [2.75, 3.05) is 24.7 Å². The van der Waals surface area contributed by atoms with Crippen molar-refractivity contribution >= 4 is 51.3 Å². The second-order valence-corrected chi connectivity index (χ2v) is 7.35. The number of nitrogens with one attached hydrogen (secondary N) is 1. The van der Waals surface area contributed by atoms with Gasteiger partial charge in [0.25, 0.3) is 5.91 Å². The van der Waals surface area contributed by atoms with Crippen molar-refractivity contribution in [2.24, 2.45) is 5.10 Å². The minimum Gasteiger partial charge on any atom is -0.440 e. The third kappa shape index (κ3) is 4.15. The smallest absolute Gasteiger partial charge is 0.250 e. The van der Waals surface area contributed by atoms with Gasteiger partial charge >= 0.3 is 0 Å². The van der Waals surface area contributed by atoms with Gasteiger partial charge in [0.15, 0.2) is 10.2 Å². The Kier molecular flexibility index (Phi) is 5.17. The largest absolute Gasteiger partial charge is 0.440 e. The molecule has 2 heterocycles. The average molecular weight is 360 g/mol. The van der Waals surface area contributed by atoms with Crippen molar-refractivity contribution in [1.29, 1.82) is 0 Å². The Labute approximate surface area is 147 Å². The van der Waals surface area contributed by atoms with Crippen molar-refractivity contribution in [3.05, 3.63) is 42.2 Å². The normalized spacial score (nSPS) is 11.2. The fourth-order valence-corrected chi connectivity index (χ4v) is 3.75. The molecular formula is C16H16N4O2S2. The van der Waals surface area contributed by atoms with Crippen LogP contribution in [0.5, 0.6) is 0 Å². The number of aromatic nitrogens is 1. The van der Waals surface area contributed by atoms with E-state index >= 15 is 0 Å². The molecule has 6 nitrogen and oxygen atoms in total. The number of carbonyl (C=O) groups is 1. The number of carbonyl (C=O) groups excluding carboxylic acids is 1. The quantitative estimate of drug-likeness (QED) is 0.415. The number of hydrazone groups is 1. The van der Waals surface area contributed by atoms with Crippen LogP contribution in [0.3, 0.4) is 0 Å². The molecule has 0 saturated carbocycles. The summed E-state index contributed by atoms with van der Waals surface area (Å²) in [6.07, 6.45) is 1.48. The van der Waals surface area contributed by atoms with Crippen LogP contribution in [-0.2, 0) is 4.79 Å². The van der Waals surface area contributed by atoms with Crippen LogP contribution in [0, 0.1) is 0 Å². The summed E-state index contributed by atoms with van der Waals surface area (Å²) < 4.78 is 7.49. The van der Waals surface area contributed by atoms with Crippen molar-refractivity contribution in [3.8, 4) is 0 Å². The van der Waals surface area contributed by atoms with Crippen LogP contribution in [0.4, 0.5) is 5.88 Å². The first-order chi connectivity index (χ1) is 11.6. The predicted molar refractivity (Wildman–Crippen MR) is 99.1 cm³/mol. The molecule has 0 aliphatic rings. The summed E-state index contributed by atoms with van der Waals surface area (Å²) in [5, 5.41) is 3.90. The van der Waals surface area contributed by atoms with E-state index < -0.39 is 0 Å². The Morgan fingerprint density at radius 1 is 1.38 bits per heavy atom. The van der Waals surface area contributed by atoms with Gasteiger partial charge in [0.2, 0.25) is 0 Å². The Hall–Kier alpha value is -2.32. The highest BCUT2D eigenvalue weighted by Crippen LogP contribution is 2.28. The van der Waals surface area contributed by atoms with E-state index in [-0.39, 0.29) is 11.7 Å². The standard InChI is InChI=1S/C16H16N4O2S2/c1-20(2)15-8-7-11(22-15)9-17-19-14(21)10-23-16-18-12-5-3-4-6-13(12)24-16/h3-9H,10H2,1-2H3,(H,19,21)/b17-9+. The van der Waals surface area contributed by atoms with Crippen molar-refractivity contribution in [2.45, 2.75) is 4.34 Å². The molecule has 0 saturated heterocycles. The van der Waals surface area contributed by atoms with Crippen LogP contribution in [0.25, 0.3) is 10.2 Å². The number of rotatable bonds is 6. The average Bonchev–Trinajstić information content (AvgIpc) is 3.19. The molecule has 0 fully saturated rings. The summed E-state index contributed by atoms with van der Waals surface area (Å²) >= 11 is 2.98. The Bertz CT molecular complexity index is 837. The summed E-state index contributed by atoms with van der Waals surface area (Å²) in [6.45, 7) is 0. The van der Waals surface area contributed by atoms with Crippen LogP contribution in [0.15, 0.2) is 50.3 Å². The van der Waals surface area contributed by atoms with Crippen LogP contribution < -0.4 is 10.3 Å². The van der Waals surface area contributed by atoms with Crippen LogP contribution in [0.1, 0.15) is 5.76 Å². The number of fused-ring (bicyclic) bond motifs is 1. The molecule has 0 aliphatic heterocycles. The van der Waals surface area contributed by atoms with E-state index in [1.807, 2.05) is 49.3 Å². The predicted octanol–water partition coefficient (Wildman–Crippen LogP) is 3.20. The molecule has 2 aromatic heterocycles. The van der Waals surface area contributed by atoms with E-state index in [2.05, 4.69) is 15.5 Å². The number of furan rings is 1. The minimum absolute atomic E-state index is 0.185. The zero-order valence-corrected chi connectivity index (χ0v) is 14.9. The number of hydrogen-bond acceptors (Lipinski definition) is 7. The van der Waals surface area contributed by atoms with Gasteiger partial charge in [-0.25, -0.2) is 10.4 Å². The first-order valence-electron chi connectivity index (χ1n) is 7.19. The molecule has 1 amide bonds. The molecule has 1 N–H and O–H groups in total. The Balaban J connectivity index is 1.49. The van der Waals surface area contributed by atoms with Crippen molar-refractivity contribution in [3.63, 3.8) is 0 Å². The zero-order chi connectivity index (χ0) is 16.9. The van der Waals surface area contributed by atoms with Crippen LogP contribution >= 0.6 is 23.1 Å². The maximum absolute atomic E-state index is 11.8. The first kappa shape index (κ1) is 16.5. The van der Waals surface area contributed by atoms with Gasteiger partial charge in [-0.2, -0.15) is 5.10 Å². The Morgan fingerprint density at radius 2 is 2.21 bits per heavy atom. The summed E-state index contributed by atoms with van der Waals surface area (Å²) in [5.41, 5.74) is 3.44. The molecular weight excluding hydrogens is 344 g/mol. The number of thiazole rings is 1. The number of amides is 1. The molecule has 0 unspecified atom stereocenters. The summed E-state index contributed by atoms with van der Waals surface area (Å²) in [4.78, 5) is 18.2. The fraction of sp³-hybridized carbons (Fsp3) is 0.188. The van der Waals surface area contributed by atoms with Gasteiger partial charge in [0.1, 0.15) is 5.76 Å². The van der Waals surface area contributed by atoms with Gasteiger partial charge in [-0.15, -0.1) is 11.3 Å². The lowest BCUT2D eigenvalue weighted by atomic mass is 10.3. The number of hydrogen-bond donors (Lipinski definition) is 1. The molecule has 24 heavy (non-hydrogen) atoms. The highest BCUT2D eigenvalue weighted by molar-refractivity contribution is 8.01. The molecule has 0 radical (unpaired) electrons. The summed E-state index contributed by atoms with van der Waals surface area (Å²) in [7, 11) is 3.78. The van der Waals surface area contributed by atoms with E-state index in [9.17, 15) is 4.79 Å². The molecule has 0 aliphatic carbocycles. The third-order valence-electron chi connectivity index (χ3n) is 3.04. The van der Waals surface area contributed by atoms with Gasteiger partial charge in [0.05, 0.1) is 22.2 Å². The number of para-hydroxylation sites is 1. The molecule has 1 aromatic carbocycles. The number of anilines is 1. The maximum atomic E-state index is 11.8. The first-order valence-corrected chi connectivity index (χ1v) is 8.99. The summed E-state index contributed by atoms with van der Waals surface area (Å²) in [6, 6.07) is 11.5. The van der Waals surface area contributed by atoms with Gasteiger partial charge in [0, 0.05) is 20.2 Å². The number of benzene rings is 1. The SMILES string of the molecule is CN(C)c1ccc(/C=N/NC(=O)CSc2nc3ccccc3s2)o1. The molecule has 3 aromatic rings. The van der Waals surface area contributed by atoms with Crippen LogP contribution in [0.2, 0.25) is 0 Å². The number of thioether (sulfide) groups is 1. The lowest BCUT2D eigenvalue weighted by Gasteiger charge is -2.05. The monoisotopic (exact) mass is 360 g/mol. The summed E-state index contributed by atoms with van der Waals surface area (Å²) in [5.74, 6) is 1.39. The van der Waals surface area contributed by atoms with E-state index in [1.165, 1.54) is 18.0 Å². The highest BCUT2D eigenvalue weighted by atomic mass is 32.2. The second kappa shape index (κ2) is 7.50. The molecule has 0 atom stereocenters. The van der Waals surface area contributed by atoms with Crippen molar-refractivity contribution < 1.29 is 9.21 Å². The molecule has 8 heteroatoms. The lowest BCUT2D eigenvalue weighted by Crippen LogP contribution is -2.19. The maximum Gasteiger partial charge on any atom is 0.250 e. The topological polar surface area (TPSA) is 70.7 Å². The van der Waals surface area contributed by atoms with E-state index in [4.69, 9.17) is 4.42 Å². The van der Waals surface area contributed by atoms with Gasteiger partial charge < -0.3 is 9.32 Å². The van der Waals surface area contributed by atoms with E-state index in [0.29, 0.717) is 5.76 Å². The minimum atomic E-state index is -0.185. The molecule has 124 valence electrons. The van der Waals surface area contributed by atoms with Crippen molar-refractivity contribution in [1.82, 2.24) is 10.4 Å². The third-order valence-corrected chi connectivity index (χ3v) is 5.21. The fourth-order valence-electron chi connectivity index (χ4n) is 1.89. The molecule has 0 bridgehead atoms. The lowest BCUT2D eigenvalue weighted by molar-refractivity contribution is -0.118. The molecule has 3 rings (SSSR count). The van der Waals surface area contributed by atoms with Gasteiger partial charge in [-0.05, 0) is 18.2 Å².